The van der Waals surface area contributed by atoms with Gasteiger partial charge in [0.2, 0.25) is 5.91 Å². The first-order valence-corrected chi connectivity index (χ1v) is 9.44. The third kappa shape index (κ3) is 3.43. The van der Waals surface area contributed by atoms with E-state index in [9.17, 15) is 13.2 Å². The van der Waals surface area contributed by atoms with Crippen LogP contribution in [0.5, 0.6) is 5.75 Å². The van der Waals surface area contributed by atoms with Gasteiger partial charge in [-0.15, -0.1) is 0 Å². The van der Waals surface area contributed by atoms with E-state index in [1.807, 2.05) is 29.2 Å². The smallest absolute Gasteiger partial charge is 0.227 e. The Balaban J connectivity index is 1.71. The van der Waals surface area contributed by atoms with Crippen LogP contribution >= 0.6 is 0 Å². The molecule has 1 saturated heterocycles. The number of hydrogen-bond acceptors (Lipinski definition) is 4. The second-order valence-corrected chi connectivity index (χ2v) is 8.37. The highest BCUT2D eigenvalue weighted by molar-refractivity contribution is 7.91. The SMILES string of the molecule is COc1ccc(CN(C(=O)[C@H]2CCS(=O)(=O)C2)C2CC2)cc1. The summed E-state index contributed by atoms with van der Waals surface area (Å²) in [4.78, 5) is 14.5. The van der Waals surface area contributed by atoms with Crippen molar-refractivity contribution in [3.8, 4) is 5.75 Å². The van der Waals surface area contributed by atoms with Crippen LogP contribution in [0.4, 0.5) is 0 Å². The molecule has 0 aromatic heterocycles. The molecule has 6 heteroatoms. The zero-order valence-electron chi connectivity index (χ0n) is 12.7. The average molecular weight is 323 g/mol. The predicted octanol–water partition coefficient (Wildman–Crippen LogP) is 1.62. The summed E-state index contributed by atoms with van der Waals surface area (Å²) in [6.07, 6.45) is 2.50. The molecule has 3 rings (SSSR count). The Morgan fingerprint density at radius 2 is 1.91 bits per heavy atom. The molecule has 0 spiro atoms. The zero-order valence-corrected chi connectivity index (χ0v) is 13.5. The van der Waals surface area contributed by atoms with Gasteiger partial charge in [-0.2, -0.15) is 0 Å². The van der Waals surface area contributed by atoms with Gasteiger partial charge in [0, 0.05) is 12.6 Å². The van der Waals surface area contributed by atoms with Gasteiger partial charge in [-0.3, -0.25) is 4.79 Å². The molecule has 1 aromatic carbocycles. The van der Waals surface area contributed by atoms with E-state index < -0.39 is 9.84 Å². The van der Waals surface area contributed by atoms with Gasteiger partial charge in [0.05, 0.1) is 24.5 Å². The molecule has 1 aromatic rings. The molecule has 1 aliphatic heterocycles. The molecule has 0 bridgehead atoms. The Bertz CT molecular complexity index is 649. The number of methoxy groups -OCH3 is 1. The molecule has 1 amide bonds. The quantitative estimate of drug-likeness (QED) is 0.826. The fourth-order valence-corrected chi connectivity index (χ4v) is 4.66. The van der Waals surface area contributed by atoms with Crippen LogP contribution < -0.4 is 4.74 Å². The van der Waals surface area contributed by atoms with Crippen molar-refractivity contribution in [3.63, 3.8) is 0 Å². The molecule has 1 saturated carbocycles. The van der Waals surface area contributed by atoms with Crippen molar-refractivity contribution in [1.29, 1.82) is 0 Å². The van der Waals surface area contributed by atoms with Crippen LogP contribution in [0.2, 0.25) is 0 Å². The van der Waals surface area contributed by atoms with Gasteiger partial charge in [-0.05, 0) is 37.0 Å². The molecule has 120 valence electrons. The zero-order chi connectivity index (χ0) is 15.7. The molecule has 2 aliphatic rings. The number of carbonyl (C=O) groups is 1. The minimum absolute atomic E-state index is 0.000562. The summed E-state index contributed by atoms with van der Waals surface area (Å²) in [6.45, 7) is 0.546. The van der Waals surface area contributed by atoms with E-state index in [0.717, 1.165) is 24.2 Å². The number of carbonyl (C=O) groups excluding carboxylic acids is 1. The van der Waals surface area contributed by atoms with Crippen molar-refractivity contribution in [2.45, 2.75) is 31.8 Å². The summed E-state index contributed by atoms with van der Waals surface area (Å²) in [5.41, 5.74) is 1.04. The van der Waals surface area contributed by atoms with E-state index in [2.05, 4.69) is 0 Å². The molecule has 22 heavy (non-hydrogen) atoms. The van der Waals surface area contributed by atoms with Crippen LogP contribution in [0.3, 0.4) is 0 Å². The first-order chi connectivity index (χ1) is 10.5. The van der Waals surface area contributed by atoms with Crippen LogP contribution in [0.1, 0.15) is 24.8 Å². The second kappa shape index (κ2) is 5.91. The van der Waals surface area contributed by atoms with Crippen LogP contribution in [0.25, 0.3) is 0 Å². The standard InChI is InChI=1S/C16H21NO4S/c1-21-15-6-2-12(3-7-15)10-17(14-4-5-14)16(18)13-8-9-22(19,20)11-13/h2-3,6-7,13-14H,4-5,8-11H2,1H3/t13-/m0/s1. The first kappa shape index (κ1) is 15.3. The van der Waals surface area contributed by atoms with Gasteiger partial charge in [-0.25, -0.2) is 8.42 Å². The topological polar surface area (TPSA) is 63.7 Å². The predicted molar refractivity (Wildman–Crippen MR) is 83.3 cm³/mol. The van der Waals surface area contributed by atoms with Crippen molar-refractivity contribution in [1.82, 2.24) is 4.90 Å². The number of nitrogens with zero attached hydrogens (tertiary/aromatic N) is 1. The average Bonchev–Trinajstić information content (AvgIpc) is 3.28. The lowest BCUT2D eigenvalue weighted by Crippen LogP contribution is -2.37. The second-order valence-electron chi connectivity index (χ2n) is 6.15. The van der Waals surface area contributed by atoms with E-state index in [4.69, 9.17) is 4.74 Å². The fourth-order valence-electron chi connectivity index (χ4n) is 2.93. The summed E-state index contributed by atoms with van der Waals surface area (Å²) in [5, 5.41) is 0. The third-order valence-electron chi connectivity index (χ3n) is 4.36. The Hall–Kier alpha value is -1.56. The molecular formula is C16H21NO4S. The number of hydrogen-bond donors (Lipinski definition) is 0. The maximum Gasteiger partial charge on any atom is 0.227 e. The minimum Gasteiger partial charge on any atom is -0.497 e. The molecule has 0 unspecified atom stereocenters. The minimum atomic E-state index is -3.03. The van der Waals surface area contributed by atoms with Crippen LogP contribution in [-0.4, -0.2) is 43.9 Å². The summed E-state index contributed by atoms with van der Waals surface area (Å²) < 4.78 is 28.3. The Kier molecular flexibility index (Phi) is 4.12. The lowest BCUT2D eigenvalue weighted by molar-refractivity contribution is -0.136. The number of amides is 1. The third-order valence-corrected chi connectivity index (χ3v) is 6.13. The lowest BCUT2D eigenvalue weighted by Gasteiger charge is -2.25. The maximum absolute atomic E-state index is 12.7. The number of sulfone groups is 1. The normalized spacial score (nSPS) is 23.2. The Morgan fingerprint density at radius 3 is 2.41 bits per heavy atom. The largest absolute Gasteiger partial charge is 0.497 e. The van der Waals surface area contributed by atoms with Gasteiger partial charge in [0.1, 0.15) is 5.75 Å². The monoisotopic (exact) mass is 323 g/mol. The van der Waals surface area contributed by atoms with Gasteiger partial charge in [0.15, 0.2) is 9.84 Å². The van der Waals surface area contributed by atoms with Gasteiger partial charge in [-0.1, -0.05) is 12.1 Å². The van der Waals surface area contributed by atoms with Crippen molar-refractivity contribution in [2.75, 3.05) is 18.6 Å². The van der Waals surface area contributed by atoms with Crippen molar-refractivity contribution >= 4 is 15.7 Å². The highest BCUT2D eigenvalue weighted by atomic mass is 32.2. The summed E-state index contributed by atoms with van der Waals surface area (Å²) >= 11 is 0. The molecular weight excluding hydrogens is 302 g/mol. The van der Waals surface area contributed by atoms with E-state index in [1.54, 1.807) is 7.11 Å². The highest BCUT2D eigenvalue weighted by Gasteiger charge is 2.40. The molecule has 1 heterocycles. The molecule has 1 atom stereocenters. The Labute approximate surface area is 131 Å². The lowest BCUT2D eigenvalue weighted by atomic mass is 10.1. The van der Waals surface area contributed by atoms with Gasteiger partial charge in [0.25, 0.3) is 0 Å². The van der Waals surface area contributed by atoms with Crippen molar-refractivity contribution in [2.24, 2.45) is 5.92 Å². The van der Waals surface area contributed by atoms with Crippen LogP contribution in [0, 0.1) is 5.92 Å². The van der Waals surface area contributed by atoms with Gasteiger partial charge < -0.3 is 9.64 Å². The molecule has 1 aliphatic carbocycles. The highest BCUT2D eigenvalue weighted by Crippen LogP contribution is 2.32. The summed E-state index contributed by atoms with van der Waals surface area (Å²) in [7, 11) is -1.40. The first-order valence-electron chi connectivity index (χ1n) is 7.62. The molecule has 2 fully saturated rings. The summed E-state index contributed by atoms with van der Waals surface area (Å²) in [6, 6.07) is 7.94. The Morgan fingerprint density at radius 1 is 1.23 bits per heavy atom. The molecule has 0 N–H and O–H groups in total. The summed E-state index contributed by atoms with van der Waals surface area (Å²) in [5.74, 6) is 0.584. The van der Waals surface area contributed by atoms with Crippen LogP contribution in [-0.2, 0) is 21.2 Å². The van der Waals surface area contributed by atoms with E-state index in [-0.39, 0.29) is 29.4 Å². The molecule has 5 nitrogen and oxygen atoms in total. The van der Waals surface area contributed by atoms with E-state index >= 15 is 0 Å². The van der Waals surface area contributed by atoms with Crippen molar-refractivity contribution in [3.05, 3.63) is 29.8 Å². The molecule has 0 radical (unpaired) electrons. The number of rotatable bonds is 5. The van der Waals surface area contributed by atoms with Gasteiger partial charge >= 0.3 is 0 Å². The van der Waals surface area contributed by atoms with Crippen LogP contribution in [0.15, 0.2) is 24.3 Å². The maximum atomic E-state index is 12.7. The van der Waals surface area contributed by atoms with E-state index in [1.165, 1.54) is 0 Å². The van der Waals surface area contributed by atoms with Crippen molar-refractivity contribution < 1.29 is 17.9 Å². The van der Waals surface area contributed by atoms with E-state index in [0.29, 0.717) is 13.0 Å². The fraction of sp³-hybridized carbons (Fsp3) is 0.562. The number of benzene rings is 1. The number of ether oxygens (including phenoxy) is 1.